The summed E-state index contributed by atoms with van der Waals surface area (Å²) in [6.07, 6.45) is 1.47. The lowest BCUT2D eigenvalue weighted by atomic mass is 9.90. The van der Waals surface area contributed by atoms with E-state index in [1.165, 1.54) is 11.5 Å². The van der Waals surface area contributed by atoms with Gasteiger partial charge in [0.25, 0.3) is 0 Å². The van der Waals surface area contributed by atoms with Crippen molar-refractivity contribution in [3.8, 4) is 0 Å². The number of aliphatic hydroxyl groups excluding tert-OH is 1. The second-order valence-corrected chi connectivity index (χ2v) is 5.82. The highest BCUT2D eigenvalue weighted by atomic mass is 32.1. The van der Waals surface area contributed by atoms with Crippen molar-refractivity contribution < 1.29 is 9.52 Å². The Kier molecular flexibility index (Phi) is 3.31. The van der Waals surface area contributed by atoms with Crippen molar-refractivity contribution in [1.82, 2.24) is 9.59 Å². The Morgan fingerprint density at radius 2 is 2.24 bits per heavy atom. The van der Waals surface area contributed by atoms with Gasteiger partial charge in [0.15, 0.2) is 0 Å². The lowest BCUT2D eigenvalue weighted by molar-refractivity contribution is 0.171. The van der Waals surface area contributed by atoms with Gasteiger partial charge < -0.3 is 9.52 Å². The van der Waals surface area contributed by atoms with E-state index in [0.717, 1.165) is 16.3 Å². The van der Waals surface area contributed by atoms with E-state index in [4.69, 9.17) is 4.42 Å². The summed E-state index contributed by atoms with van der Waals surface area (Å²) >= 11 is 1.25. The van der Waals surface area contributed by atoms with Crippen LogP contribution in [-0.4, -0.2) is 14.7 Å². The predicted molar refractivity (Wildman–Crippen MR) is 66.0 cm³/mol. The zero-order chi connectivity index (χ0) is 12.5. The topological polar surface area (TPSA) is 59.2 Å². The molecule has 0 saturated heterocycles. The summed E-state index contributed by atoms with van der Waals surface area (Å²) in [6, 6.07) is 3.67. The minimum absolute atomic E-state index is 0.105. The molecule has 0 amide bonds. The lowest BCUT2D eigenvalue weighted by Crippen LogP contribution is -2.16. The van der Waals surface area contributed by atoms with E-state index >= 15 is 0 Å². The van der Waals surface area contributed by atoms with Gasteiger partial charge >= 0.3 is 0 Å². The molecule has 5 heteroatoms. The highest BCUT2D eigenvalue weighted by molar-refractivity contribution is 7.05. The van der Waals surface area contributed by atoms with Crippen LogP contribution in [-0.2, 0) is 11.8 Å². The molecule has 0 aliphatic carbocycles. The van der Waals surface area contributed by atoms with Crippen LogP contribution in [0.1, 0.15) is 43.2 Å². The van der Waals surface area contributed by atoms with E-state index in [-0.39, 0.29) is 5.41 Å². The Morgan fingerprint density at radius 1 is 1.47 bits per heavy atom. The summed E-state index contributed by atoms with van der Waals surface area (Å²) in [4.78, 5) is 0.828. The molecule has 1 N–H and O–H groups in total. The van der Waals surface area contributed by atoms with E-state index in [9.17, 15) is 5.11 Å². The van der Waals surface area contributed by atoms with Crippen LogP contribution >= 0.6 is 11.5 Å². The standard InChI is InChI=1S/C12H16N2O2S/c1-12(2,3)11-10(17-14-13-11)9(15)7-8-5-4-6-16-8/h4-6,9,15H,7H2,1-3H3. The van der Waals surface area contributed by atoms with E-state index in [0.29, 0.717) is 6.42 Å². The van der Waals surface area contributed by atoms with Crippen molar-refractivity contribution in [2.24, 2.45) is 0 Å². The van der Waals surface area contributed by atoms with Crippen molar-refractivity contribution in [3.63, 3.8) is 0 Å². The van der Waals surface area contributed by atoms with Gasteiger partial charge in [0, 0.05) is 11.8 Å². The quantitative estimate of drug-likeness (QED) is 0.912. The zero-order valence-corrected chi connectivity index (χ0v) is 11.0. The molecule has 92 valence electrons. The molecule has 0 saturated carbocycles. The van der Waals surface area contributed by atoms with Crippen LogP contribution in [0, 0.1) is 0 Å². The highest BCUT2D eigenvalue weighted by Crippen LogP contribution is 2.31. The molecule has 0 bridgehead atoms. The largest absolute Gasteiger partial charge is 0.469 e. The first-order valence-corrected chi connectivity index (χ1v) is 6.29. The van der Waals surface area contributed by atoms with Gasteiger partial charge in [-0.15, -0.1) is 5.10 Å². The van der Waals surface area contributed by atoms with Crippen LogP contribution in [0.3, 0.4) is 0 Å². The van der Waals surface area contributed by atoms with Crippen molar-refractivity contribution in [2.75, 3.05) is 0 Å². The number of hydrogen-bond donors (Lipinski definition) is 1. The molecule has 1 unspecified atom stereocenters. The molecule has 1 atom stereocenters. The molecule has 0 radical (unpaired) electrons. The van der Waals surface area contributed by atoms with Gasteiger partial charge in [0.2, 0.25) is 0 Å². The maximum atomic E-state index is 10.2. The molecule has 2 aromatic heterocycles. The minimum Gasteiger partial charge on any atom is -0.469 e. The Labute approximate surface area is 104 Å². The van der Waals surface area contributed by atoms with Crippen molar-refractivity contribution in [2.45, 2.75) is 38.7 Å². The summed E-state index contributed by atoms with van der Waals surface area (Å²) in [6.45, 7) is 6.19. The van der Waals surface area contributed by atoms with Gasteiger partial charge in [0.1, 0.15) is 5.76 Å². The molecule has 2 rings (SSSR count). The van der Waals surface area contributed by atoms with E-state index in [1.54, 1.807) is 6.26 Å². The first kappa shape index (κ1) is 12.3. The van der Waals surface area contributed by atoms with Gasteiger partial charge in [-0.05, 0) is 23.7 Å². The Morgan fingerprint density at radius 3 is 2.82 bits per heavy atom. The summed E-state index contributed by atoms with van der Waals surface area (Å²) in [5.41, 5.74) is 0.758. The molecular weight excluding hydrogens is 236 g/mol. The molecule has 2 aromatic rings. The maximum Gasteiger partial charge on any atom is 0.106 e. The van der Waals surface area contributed by atoms with E-state index < -0.39 is 6.10 Å². The van der Waals surface area contributed by atoms with Crippen molar-refractivity contribution in [1.29, 1.82) is 0 Å². The monoisotopic (exact) mass is 252 g/mol. The van der Waals surface area contributed by atoms with Crippen LogP contribution in [0.25, 0.3) is 0 Å². The maximum absolute atomic E-state index is 10.2. The van der Waals surface area contributed by atoms with Gasteiger partial charge in [-0.2, -0.15) is 0 Å². The van der Waals surface area contributed by atoms with Crippen LogP contribution < -0.4 is 0 Å². The number of furan rings is 1. The van der Waals surface area contributed by atoms with E-state index in [2.05, 4.69) is 30.4 Å². The number of rotatable bonds is 3. The Balaban J connectivity index is 2.20. The average Bonchev–Trinajstić information content (AvgIpc) is 2.85. The third-order valence-electron chi connectivity index (χ3n) is 2.50. The first-order chi connectivity index (χ1) is 7.98. The van der Waals surface area contributed by atoms with Crippen molar-refractivity contribution in [3.05, 3.63) is 34.7 Å². The van der Waals surface area contributed by atoms with Crippen LogP contribution in [0.2, 0.25) is 0 Å². The number of nitrogens with zero attached hydrogens (tertiary/aromatic N) is 2. The molecule has 0 spiro atoms. The molecule has 4 nitrogen and oxygen atoms in total. The molecule has 0 aliphatic rings. The molecule has 0 aromatic carbocycles. The summed E-state index contributed by atoms with van der Waals surface area (Å²) in [7, 11) is 0. The molecular formula is C12H16N2O2S. The van der Waals surface area contributed by atoms with Gasteiger partial charge in [-0.3, -0.25) is 0 Å². The number of hydrogen-bond acceptors (Lipinski definition) is 5. The minimum atomic E-state index is -0.602. The number of aromatic nitrogens is 2. The fourth-order valence-corrected chi connectivity index (χ4v) is 2.50. The first-order valence-electron chi connectivity index (χ1n) is 5.51. The predicted octanol–water partition coefficient (Wildman–Crippen LogP) is 2.70. The number of aliphatic hydroxyl groups is 1. The lowest BCUT2D eigenvalue weighted by Gasteiger charge is -2.18. The molecule has 17 heavy (non-hydrogen) atoms. The van der Waals surface area contributed by atoms with Gasteiger partial charge in [-0.1, -0.05) is 25.3 Å². The summed E-state index contributed by atoms with van der Waals surface area (Å²) in [5.74, 6) is 0.769. The van der Waals surface area contributed by atoms with E-state index in [1.807, 2.05) is 12.1 Å². The summed E-state index contributed by atoms with van der Waals surface area (Å²) in [5, 5.41) is 14.3. The highest BCUT2D eigenvalue weighted by Gasteiger charge is 2.26. The fourth-order valence-electron chi connectivity index (χ4n) is 1.65. The van der Waals surface area contributed by atoms with Crippen LogP contribution in [0.5, 0.6) is 0 Å². The normalized spacial score (nSPS) is 13.9. The molecule has 0 aliphatic heterocycles. The third-order valence-corrected chi connectivity index (χ3v) is 3.33. The Bertz CT molecular complexity index is 471. The van der Waals surface area contributed by atoms with Crippen LogP contribution in [0.15, 0.2) is 22.8 Å². The van der Waals surface area contributed by atoms with Crippen molar-refractivity contribution >= 4 is 11.5 Å². The van der Waals surface area contributed by atoms with Gasteiger partial charge in [0.05, 0.1) is 22.9 Å². The second kappa shape index (κ2) is 4.58. The second-order valence-electron chi connectivity index (χ2n) is 5.04. The van der Waals surface area contributed by atoms with Gasteiger partial charge in [-0.25, -0.2) is 0 Å². The third kappa shape index (κ3) is 2.73. The molecule has 2 heterocycles. The molecule has 0 fully saturated rings. The van der Waals surface area contributed by atoms with Crippen LogP contribution in [0.4, 0.5) is 0 Å². The Hall–Kier alpha value is -1.20. The smallest absolute Gasteiger partial charge is 0.106 e. The average molecular weight is 252 g/mol. The zero-order valence-electron chi connectivity index (χ0n) is 10.2. The SMILES string of the molecule is CC(C)(C)c1nnsc1C(O)Cc1ccco1. The summed E-state index contributed by atoms with van der Waals surface area (Å²) < 4.78 is 9.17. The fraction of sp³-hybridized carbons (Fsp3) is 0.500.